The fourth-order valence-corrected chi connectivity index (χ4v) is 15.5. The van der Waals surface area contributed by atoms with Crippen LogP contribution in [0.25, 0.3) is 0 Å². The molecule has 0 saturated carbocycles. The summed E-state index contributed by atoms with van der Waals surface area (Å²) in [5.41, 5.74) is 8.05. The predicted molar refractivity (Wildman–Crippen MR) is 136 cm³/mol. The van der Waals surface area contributed by atoms with E-state index in [1.807, 2.05) is 0 Å². The van der Waals surface area contributed by atoms with Crippen LogP contribution in [0.3, 0.4) is 0 Å². The van der Waals surface area contributed by atoms with Gasteiger partial charge in [0, 0.05) is 0 Å². The van der Waals surface area contributed by atoms with Crippen molar-refractivity contribution in [1.29, 1.82) is 0 Å². The number of halogens is 3. The first-order valence-corrected chi connectivity index (χ1v) is 15.4. The van der Waals surface area contributed by atoms with E-state index in [0.717, 1.165) is 0 Å². The summed E-state index contributed by atoms with van der Waals surface area (Å²) in [5, 5.41) is 0. The Morgan fingerprint density at radius 3 is 0.893 bits per heavy atom. The van der Waals surface area contributed by atoms with Crippen LogP contribution in [0, 0.1) is 41.5 Å². The van der Waals surface area contributed by atoms with Crippen molar-refractivity contribution in [2.24, 2.45) is 0 Å². The average molecular weight is 674 g/mol. The maximum absolute atomic E-state index is 3.91. The van der Waals surface area contributed by atoms with Crippen molar-refractivity contribution in [2.45, 2.75) is 41.5 Å². The van der Waals surface area contributed by atoms with E-state index in [0.29, 0.717) is 0 Å². The molecule has 3 aromatic carbocycles. The quantitative estimate of drug-likeness (QED) is 0.285. The molecule has 0 aliphatic carbocycles. The molecule has 0 unspecified atom stereocenters. The van der Waals surface area contributed by atoms with Crippen molar-refractivity contribution in [3.63, 3.8) is 0 Å². The molecule has 0 aromatic heterocycles. The van der Waals surface area contributed by atoms with Crippen molar-refractivity contribution in [2.75, 3.05) is 0 Å². The van der Waals surface area contributed by atoms with E-state index in [1.165, 1.54) is 57.3 Å². The minimum atomic E-state index is -2.30. The van der Waals surface area contributed by atoms with Gasteiger partial charge in [0.15, 0.2) is 0 Å². The Kier molecular flexibility index (Phi) is 7.23. The molecule has 0 aliphatic heterocycles. The first kappa shape index (κ1) is 22.6. The second-order valence-electron chi connectivity index (χ2n) is 7.50. The van der Waals surface area contributed by atoms with E-state index in [9.17, 15) is 0 Å². The molecule has 28 heavy (non-hydrogen) atoms. The average Bonchev–Trinajstić information content (AvgIpc) is 2.61. The number of aryl methyl sites for hydroxylation is 6. The van der Waals surface area contributed by atoms with Crippen LogP contribution < -0.4 is 10.5 Å². The van der Waals surface area contributed by atoms with Crippen molar-refractivity contribution < 1.29 is 0 Å². The number of hydrogen-bond acceptors (Lipinski definition) is 0. The summed E-state index contributed by atoms with van der Waals surface area (Å²) in [5.74, 6) is 0. The van der Waals surface area contributed by atoms with Gasteiger partial charge in [-0.3, -0.25) is 0 Å². The molecule has 0 radical (unpaired) electrons. The minimum absolute atomic E-state index is 1.23. The van der Waals surface area contributed by atoms with Gasteiger partial charge in [-0.05, 0) is 0 Å². The standard InChI is InChI=1S/3C8H8Br.Sb/c3*1-6-3-4-8(9)5-7(6)2;/h3*3,5H,1-2H3;. The van der Waals surface area contributed by atoms with Crippen molar-refractivity contribution >= 4 is 78.5 Å². The summed E-state index contributed by atoms with van der Waals surface area (Å²) >= 11 is 9.42. The van der Waals surface area contributed by atoms with E-state index in [2.05, 4.69) is 126 Å². The van der Waals surface area contributed by atoms with Gasteiger partial charge in [-0.1, -0.05) is 0 Å². The Balaban J connectivity index is 2.38. The topological polar surface area (TPSA) is 0 Å². The van der Waals surface area contributed by atoms with Crippen LogP contribution in [0.4, 0.5) is 0 Å². The van der Waals surface area contributed by atoms with Crippen LogP contribution >= 0.6 is 47.8 Å². The molecule has 0 spiro atoms. The van der Waals surface area contributed by atoms with Gasteiger partial charge in [0.25, 0.3) is 0 Å². The van der Waals surface area contributed by atoms with E-state index < -0.39 is 20.2 Å². The molecule has 0 bridgehead atoms. The van der Waals surface area contributed by atoms with Gasteiger partial charge < -0.3 is 0 Å². The first-order valence-electron chi connectivity index (χ1n) is 9.20. The monoisotopic (exact) mass is 670 g/mol. The number of rotatable bonds is 3. The van der Waals surface area contributed by atoms with Crippen LogP contribution in [0.1, 0.15) is 33.4 Å². The van der Waals surface area contributed by atoms with E-state index in [1.54, 1.807) is 0 Å². The fraction of sp³-hybridized carbons (Fsp3) is 0.250. The van der Waals surface area contributed by atoms with Gasteiger partial charge in [0.2, 0.25) is 0 Å². The SMILES string of the molecule is Cc1cc(Br)[c]([Sb]([c]2cc(C)c(C)cc2Br)[c]2cc(C)c(C)cc2Br)cc1C. The van der Waals surface area contributed by atoms with E-state index in [-0.39, 0.29) is 0 Å². The van der Waals surface area contributed by atoms with Crippen LogP contribution in [-0.2, 0) is 0 Å². The zero-order chi connectivity index (χ0) is 20.7. The Morgan fingerprint density at radius 2 is 0.643 bits per heavy atom. The summed E-state index contributed by atoms with van der Waals surface area (Å²) in [7, 11) is 0. The van der Waals surface area contributed by atoms with Gasteiger partial charge in [-0.2, -0.15) is 0 Å². The summed E-state index contributed by atoms with van der Waals surface area (Å²) < 4.78 is 8.11. The molecule has 3 rings (SSSR count). The first-order chi connectivity index (χ1) is 13.1. The maximum atomic E-state index is 3.91. The molecule has 146 valence electrons. The third kappa shape index (κ3) is 4.48. The third-order valence-electron chi connectivity index (χ3n) is 5.41. The van der Waals surface area contributed by atoms with Crippen molar-refractivity contribution in [3.8, 4) is 0 Å². The van der Waals surface area contributed by atoms with Crippen molar-refractivity contribution in [1.82, 2.24) is 0 Å². The van der Waals surface area contributed by atoms with Gasteiger partial charge >= 0.3 is 203 Å². The van der Waals surface area contributed by atoms with E-state index in [4.69, 9.17) is 0 Å². The number of benzene rings is 3. The molecule has 0 N–H and O–H groups in total. The molecule has 3 aromatic rings. The van der Waals surface area contributed by atoms with Crippen LogP contribution in [0.2, 0.25) is 0 Å². The second-order valence-corrected chi connectivity index (χ2v) is 16.1. The van der Waals surface area contributed by atoms with Crippen LogP contribution in [-0.4, -0.2) is 20.2 Å². The van der Waals surface area contributed by atoms with Crippen molar-refractivity contribution in [3.05, 3.63) is 83.2 Å². The van der Waals surface area contributed by atoms with Crippen LogP contribution in [0.5, 0.6) is 0 Å². The van der Waals surface area contributed by atoms with Gasteiger partial charge in [0.05, 0.1) is 0 Å². The molecule has 0 amide bonds. The summed E-state index contributed by atoms with van der Waals surface area (Å²) in [6.45, 7) is 13.2. The zero-order valence-corrected chi connectivity index (χ0v) is 24.4. The normalized spacial score (nSPS) is 11.4. The molecule has 0 nitrogen and oxygen atoms in total. The number of hydrogen-bond donors (Lipinski definition) is 0. The molecule has 4 heteroatoms. The molecule has 0 heterocycles. The van der Waals surface area contributed by atoms with Gasteiger partial charge in [-0.15, -0.1) is 0 Å². The fourth-order valence-electron chi connectivity index (χ4n) is 3.20. The van der Waals surface area contributed by atoms with Gasteiger partial charge in [0.1, 0.15) is 0 Å². The Labute approximate surface area is 201 Å². The summed E-state index contributed by atoms with van der Waals surface area (Å²) in [4.78, 5) is 0. The summed E-state index contributed by atoms with van der Waals surface area (Å²) in [6.07, 6.45) is 0. The molecule has 0 aliphatic rings. The second kappa shape index (κ2) is 8.96. The third-order valence-corrected chi connectivity index (χ3v) is 17.4. The Bertz CT molecular complexity index is 933. The molecular weight excluding hydrogens is 650 g/mol. The van der Waals surface area contributed by atoms with E-state index >= 15 is 0 Å². The van der Waals surface area contributed by atoms with Gasteiger partial charge in [-0.25, -0.2) is 0 Å². The van der Waals surface area contributed by atoms with Crippen LogP contribution in [0.15, 0.2) is 49.8 Å². The summed E-state index contributed by atoms with van der Waals surface area (Å²) in [6, 6.07) is 14.1. The molecule has 0 fully saturated rings. The zero-order valence-electron chi connectivity index (χ0n) is 17.0. The molecule has 0 atom stereocenters. The Morgan fingerprint density at radius 1 is 0.429 bits per heavy atom. The molecule has 0 saturated heterocycles. The predicted octanol–water partition coefficient (Wildman–Crippen LogP) is 6.34. The Hall–Kier alpha value is -0.0818. The molecular formula is C24H24Br3Sb.